The van der Waals surface area contributed by atoms with Crippen molar-refractivity contribution < 1.29 is 14.3 Å². The summed E-state index contributed by atoms with van der Waals surface area (Å²) in [5.41, 5.74) is 0.699. The molecular weight excluding hydrogens is 232 g/mol. The maximum Gasteiger partial charge on any atom is 0.246 e. The Morgan fingerprint density at radius 1 is 1.44 bits per heavy atom. The summed E-state index contributed by atoms with van der Waals surface area (Å²) >= 11 is 0. The third-order valence-electron chi connectivity index (χ3n) is 2.74. The topological polar surface area (TPSA) is 67.4 Å². The number of carbonyl (C=O) groups is 2. The van der Waals surface area contributed by atoms with Gasteiger partial charge in [-0.15, -0.1) is 0 Å². The highest BCUT2D eigenvalue weighted by atomic mass is 16.5. The second-order valence-electron chi connectivity index (χ2n) is 4.11. The number of carbonyl (C=O) groups excluding carboxylic acids is 2. The van der Waals surface area contributed by atoms with E-state index in [1.807, 2.05) is 6.92 Å². The zero-order valence-electron chi connectivity index (χ0n) is 10.2. The molecule has 0 unspecified atom stereocenters. The van der Waals surface area contributed by atoms with Gasteiger partial charge >= 0.3 is 0 Å². The maximum atomic E-state index is 11.8. The van der Waals surface area contributed by atoms with Gasteiger partial charge in [-0.25, -0.2) is 0 Å². The third kappa shape index (κ3) is 3.00. The van der Waals surface area contributed by atoms with Crippen LogP contribution in [0.15, 0.2) is 24.3 Å². The van der Waals surface area contributed by atoms with Gasteiger partial charge in [0.2, 0.25) is 11.8 Å². The molecule has 1 aromatic carbocycles. The van der Waals surface area contributed by atoms with Gasteiger partial charge < -0.3 is 15.4 Å². The molecule has 0 saturated carbocycles. The molecule has 2 rings (SSSR count). The Balaban J connectivity index is 1.92. The Bertz CT molecular complexity index is 442. The van der Waals surface area contributed by atoms with Crippen LogP contribution in [0.1, 0.15) is 19.8 Å². The summed E-state index contributed by atoms with van der Waals surface area (Å²) in [6, 6.07) is 6.74. The highest BCUT2D eigenvalue weighted by Crippen LogP contribution is 2.16. The van der Waals surface area contributed by atoms with E-state index >= 15 is 0 Å². The minimum atomic E-state index is -0.413. The van der Waals surface area contributed by atoms with Gasteiger partial charge in [-0.2, -0.15) is 0 Å². The first kappa shape index (κ1) is 12.4. The average Bonchev–Trinajstić information content (AvgIpc) is 2.79. The van der Waals surface area contributed by atoms with Crippen LogP contribution in [0, 0.1) is 0 Å². The van der Waals surface area contributed by atoms with Crippen molar-refractivity contribution in [2.24, 2.45) is 0 Å². The smallest absolute Gasteiger partial charge is 0.246 e. The number of hydrogen-bond acceptors (Lipinski definition) is 3. The fraction of sp³-hybridized carbons (Fsp3) is 0.385. The van der Waals surface area contributed by atoms with Gasteiger partial charge in [0.15, 0.2) is 0 Å². The summed E-state index contributed by atoms with van der Waals surface area (Å²) in [5.74, 6) is 0.525. The Morgan fingerprint density at radius 3 is 2.72 bits per heavy atom. The van der Waals surface area contributed by atoms with E-state index in [0.717, 1.165) is 5.75 Å². The highest BCUT2D eigenvalue weighted by Gasteiger charge is 2.26. The van der Waals surface area contributed by atoms with Crippen molar-refractivity contribution in [2.75, 3.05) is 11.9 Å². The van der Waals surface area contributed by atoms with Crippen molar-refractivity contribution in [1.82, 2.24) is 5.32 Å². The molecule has 0 aromatic heterocycles. The Morgan fingerprint density at radius 2 is 2.17 bits per heavy atom. The van der Waals surface area contributed by atoms with E-state index in [-0.39, 0.29) is 11.8 Å². The normalized spacial score (nSPS) is 18.3. The number of anilines is 1. The average molecular weight is 248 g/mol. The first-order chi connectivity index (χ1) is 8.69. The molecule has 96 valence electrons. The van der Waals surface area contributed by atoms with Crippen LogP contribution in [0.3, 0.4) is 0 Å². The van der Waals surface area contributed by atoms with E-state index in [0.29, 0.717) is 25.1 Å². The van der Waals surface area contributed by atoms with Crippen LogP contribution in [0.5, 0.6) is 5.75 Å². The maximum absolute atomic E-state index is 11.8. The molecule has 1 aliphatic rings. The van der Waals surface area contributed by atoms with E-state index in [2.05, 4.69) is 10.6 Å². The minimum absolute atomic E-state index is 0.0677. The highest BCUT2D eigenvalue weighted by molar-refractivity contribution is 5.98. The molecule has 18 heavy (non-hydrogen) atoms. The molecule has 0 radical (unpaired) electrons. The Kier molecular flexibility index (Phi) is 3.82. The molecule has 1 saturated heterocycles. The van der Waals surface area contributed by atoms with Crippen LogP contribution in [-0.2, 0) is 9.59 Å². The van der Waals surface area contributed by atoms with Crippen molar-refractivity contribution in [3.63, 3.8) is 0 Å². The van der Waals surface area contributed by atoms with Gasteiger partial charge in [0, 0.05) is 12.1 Å². The number of ether oxygens (including phenoxy) is 1. The first-order valence-corrected chi connectivity index (χ1v) is 6.02. The van der Waals surface area contributed by atoms with E-state index in [4.69, 9.17) is 4.74 Å². The molecule has 2 N–H and O–H groups in total. The molecule has 5 heteroatoms. The standard InChI is InChI=1S/C13H16N2O3/c1-2-18-10-5-3-9(4-6-10)14-13(17)11-7-8-12(16)15-11/h3-6,11H,2,7-8H2,1H3,(H,14,17)(H,15,16)/t11-/m0/s1. The lowest BCUT2D eigenvalue weighted by atomic mass is 10.2. The number of nitrogens with one attached hydrogen (secondary N) is 2. The van der Waals surface area contributed by atoms with Crippen LogP contribution in [0.4, 0.5) is 5.69 Å². The number of rotatable bonds is 4. The first-order valence-electron chi connectivity index (χ1n) is 6.02. The Labute approximate surface area is 106 Å². The molecule has 1 atom stereocenters. The molecule has 1 aliphatic heterocycles. The molecule has 1 heterocycles. The molecule has 5 nitrogen and oxygen atoms in total. The number of amides is 2. The second-order valence-corrected chi connectivity index (χ2v) is 4.11. The van der Waals surface area contributed by atoms with Gasteiger partial charge in [0.25, 0.3) is 0 Å². The number of hydrogen-bond donors (Lipinski definition) is 2. The van der Waals surface area contributed by atoms with Crippen LogP contribution in [0.25, 0.3) is 0 Å². The quantitative estimate of drug-likeness (QED) is 0.844. The molecule has 0 spiro atoms. The molecule has 0 bridgehead atoms. The van der Waals surface area contributed by atoms with Crippen molar-refractivity contribution >= 4 is 17.5 Å². The summed E-state index contributed by atoms with van der Waals surface area (Å²) in [5, 5.41) is 5.39. The van der Waals surface area contributed by atoms with Crippen LogP contribution >= 0.6 is 0 Å². The summed E-state index contributed by atoms with van der Waals surface area (Å²) in [4.78, 5) is 22.8. The summed E-state index contributed by atoms with van der Waals surface area (Å²) in [7, 11) is 0. The largest absolute Gasteiger partial charge is 0.494 e. The Hall–Kier alpha value is -2.04. The molecule has 0 aliphatic carbocycles. The van der Waals surface area contributed by atoms with Gasteiger partial charge in [-0.3, -0.25) is 9.59 Å². The SMILES string of the molecule is CCOc1ccc(NC(=O)[C@@H]2CCC(=O)N2)cc1. The summed E-state index contributed by atoms with van der Waals surface area (Å²) in [6.07, 6.45) is 0.975. The van der Waals surface area contributed by atoms with Gasteiger partial charge in [-0.1, -0.05) is 0 Å². The summed E-state index contributed by atoms with van der Waals surface area (Å²) in [6.45, 7) is 2.53. The lowest BCUT2D eigenvalue weighted by Gasteiger charge is -2.11. The lowest BCUT2D eigenvalue weighted by Crippen LogP contribution is -2.37. The molecule has 1 fully saturated rings. The van der Waals surface area contributed by atoms with Crippen molar-refractivity contribution in [2.45, 2.75) is 25.8 Å². The van der Waals surface area contributed by atoms with E-state index in [1.165, 1.54) is 0 Å². The van der Waals surface area contributed by atoms with E-state index in [9.17, 15) is 9.59 Å². The molecule has 2 amide bonds. The predicted octanol–water partition coefficient (Wildman–Crippen LogP) is 1.30. The second kappa shape index (κ2) is 5.53. The van der Waals surface area contributed by atoms with Gasteiger partial charge in [0.05, 0.1) is 6.61 Å². The molecular formula is C13H16N2O3. The van der Waals surface area contributed by atoms with Gasteiger partial charge in [0.1, 0.15) is 11.8 Å². The van der Waals surface area contributed by atoms with E-state index < -0.39 is 6.04 Å². The fourth-order valence-corrected chi connectivity index (χ4v) is 1.84. The fourth-order valence-electron chi connectivity index (χ4n) is 1.84. The monoisotopic (exact) mass is 248 g/mol. The predicted molar refractivity (Wildman–Crippen MR) is 67.4 cm³/mol. The lowest BCUT2D eigenvalue weighted by molar-refractivity contribution is -0.122. The zero-order chi connectivity index (χ0) is 13.0. The van der Waals surface area contributed by atoms with Crippen molar-refractivity contribution in [1.29, 1.82) is 0 Å². The third-order valence-corrected chi connectivity index (χ3v) is 2.74. The number of benzene rings is 1. The zero-order valence-corrected chi connectivity index (χ0v) is 10.2. The van der Waals surface area contributed by atoms with Gasteiger partial charge in [-0.05, 0) is 37.6 Å². The van der Waals surface area contributed by atoms with Crippen molar-refractivity contribution in [3.8, 4) is 5.75 Å². The van der Waals surface area contributed by atoms with Crippen LogP contribution in [0.2, 0.25) is 0 Å². The minimum Gasteiger partial charge on any atom is -0.494 e. The van der Waals surface area contributed by atoms with Crippen LogP contribution < -0.4 is 15.4 Å². The van der Waals surface area contributed by atoms with E-state index in [1.54, 1.807) is 24.3 Å². The molecule has 1 aromatic rings. The summed E-state index contributed by atoms with van der Waals surface area (Å²) < 4.78 is 5.31. The van der Waals surface area contributed by atoms with Crippen LogP contribution in [-0.4, -0.2) is 24.5 Å². The van der Waals surface area contributed by atoms with Crippen molar-refractivity contribution in [3.05, 3.63) is 24.3 Å².